The molecule has 1 heterocycles. The molecule has 1 aromatic carbocycles. The Kier molecular flexibility index (Phi) is 3.84. The fourth-order valence-corrected chi connectivity index (χ4v) is 2.42. The van der Waals surface area contributed by atoms with Gasteiger partial charge in [-0.1, -0.05) is 28.9 Å². The van der Waals surface area contributed by atoms with Gasteiger partial charge in [0.2, 0.25) is 0 Å². The van der Waals surface area contributed by atoms with E-state index in [0.717, 1.165) is 11.1 Å². The first-order chi connectivity index (χ1) is 8.08. The molecule has 0 fully saturated rings. The van der Waals surface area contributed by atoms with E-state index in [0.29, 0.717) is 24.6 Å². The summed E-state index contributed by atoms with van der Waals surface area (Å²) in [6.45, 7) is 4.01. The molecule has 0 saturated heterocycles. The van der Waals surface area contributed by atoms with Gasteiger partial charge in [-0.25, -0.2) is 0 Å². The molecule has 1 aliphatic rings. The van der Waals surface area contributed by atoms with Crippen LogP contribution < -0.4 is 0 Å². The van der Waals surface area contributed by atoms with Crippen LogP contribution in [0.15, 0.2) is 18.2 Å². The van der Waals surface area contributed by atoms with E-state index in [4.69, 9.17) is 4.74 Å². The van der Waals surface area contributed by atoms with E-state index in [9.17, 15) is 4.79 Å². The Hall–Kier alpha value is -0.870. The maximum Gasteiger partial charge on any atom is 0.253 e. The lowest BCUT2D eigenvalue weighted by Crippen LogP contribution is -2.31. The van der Waals surface area contributed by atoms with E-state index in [1.807, 2.05) is 32.2 Å². The second-order valence-corrected chi connectivity index (χ2v) is 6.01. The van der Waals surface area contributed by atoms with E-state index >= 15 is 0 Å². The number of ether oxygens (including phenoxy) is 1. The average Bonchev–Trinajstić information content (AvgIpc) is 2.73. The van der Waals surface area contributed by atoms with Crippen LogP contribution in [-0.2, 0) is 18.0 Å². The van der Waals surface area contributed by atoms with E-state index in [2.05, 4.69) is 15.9 Å². The van der Waals surface area contributed by atoms with Gasteiger partial charge in [-0.05, 0) is 23.3 Å². The molecule has 1 atom stereocenters. The van der Waals surface area contributed by atoms with Crippen LogP contribution in [0.25, 0.3) is 0 Å². The maximum absolute atomic E-state index is 12.1. The zero-order chi connectivity index (χ0) is 12.4. The molecule has 3 nitrogen and oxygen atoms in total. The van der Waals surface area contributed by atoms with Crippen molar-refractivity contribution in [2.45, 2.75) is 25.0 Å². The van der Waals surface area contributed by atoms with Crippen LogP contribution in [0.1, 0.15) is 28.4 Å². The third-order valence-corrected chi connectivity index (χ3v) is 3.13. The van der Waals surface area contributed by atoms with E-state index in [1.165, 1.54) is 5.56 Å². The summed E-state index contributed by atoms with van der Waals surface area (Å²) in [6.07, 6.45) is 0. The number of carbonyl (C=O) groups excluding carboxylic acids is 1. The van der Waals surface area contributed by atoms with Gasteiger partial charge in [0.15, 0.2) is 0 Å². The molecule has 0 saturated carbocycles. The second kappa shape index (κ2) is 5.19. The summed E-state index contributed by atoms with van der Waals surface area (Å²) >= 11 is 3.45. The topological polar surface area (TPSA) is 29.5 Å². The lowest BCUT2D eigenvalue weighted by atomic mass is 10.1. The molecular formula is C13H16BrNO2. The first-order valence-corrected chi connectivity index (χ1v) is 6.58. The summed E-state index contributed by atoms with van der Waals surface area (Å²) in [5, 5.41) is 0. The van der Waals surface area contributed by atoms with Crippen LogP contribution in [-0.4, -0.2) is 29.2 Å². The normalized spacial score (nSPS) is 15.5. The number of hydrogen-bond acceptors (Lipinski definition) is 2. The van der Waals surface area contributed by atoms with E-state index in [-0.39, 0.29) is 5.91 Å². The Morgan fingerprint density at radius 2 is 2.18 bits per heavy atom. The summed E-state index contributed by atoms with van der Waals surface area (Å²) in [5.74, 6) is 0.0611. The van der Waals surface area contributed by atoms with Crippen molar-refractivity contribution in [1.82, 2.24) is 4.90 Å². The molecule has 1 aliphatic heterocycles. The van der Waals surface area contributed by atoms with Crippen LogP contribution in [0.5, 0.6) is 0 Å². The molecule has 0 aromatic heterocycles. The molecule has 2 rings (SSSR count). The van der Waals surface area contributed by atoms with Gasteiger partial charge in [-0.2, -0.15) is 0 Å². The van der Waals surface area contributed by atoms with Gasteiger partial charge in [-0.15, -0.1) is 0 Å². The first kappa shape index (κ1) is 12.6. The minimum absolute atomic E-state index is 0.0611. The van der Waals surface area contributed by atoms with E-state index in [1.54, 1.807) is 4.90 Å². The van der Waals surface area contributed by atoms with Crippen molar-refractivity contribution >= 4 is 21.8 Å². The smallest absolute Gasteiger partial charge is 0.253 e. The van der Waals surface area contributed by atoms with Gasteiger partial charge in [0, 0.05) is 24.0 Å². The fourth-order valence-electron chi connectivity index (χ4n) is 1.99. The summed E-state index contributed by atoms with van der Waals surface area (Å²) in [4.78, 5) is 14.2. The number of benzene rings is 1. The number of halogens is 1. The van der Waals surface area contributed by atoms with Gasteiger partial charge >= 0.3 is 0 Å². The van der Waals surface area contributed by atoms with Crippen LogP contribution in [0, 0.1) is 0 Å². The molecule has 0 N–H and O–H groups in total. The third kappa shape index (κ3) is 2.87. The molecule has 0 aliphatic carbocycles. The van der Waals surface area contributed by atoms with Crippen molar-refractivity contribution in [3.05, 3.63) is 34.9 Å². The van der Waals surface area contributed by atoms with E-state index < -0.39 is 0 Å². The van der Waals surface area contributed by atoms with Crippen LogP contribution in [0.2, 0.25) is 0 Å². The monoisotopic (exact) mass is 297 g/mol. The van der Waals surface area contributed by atoms with Crippen molar-refractivity contribution in [3.8, 4) is 0 Å². The Labute approximate surface area is 110 Å². The molecule has 1 aromatic rings. The zero-order valence-corrected chi connectivity index (χ0v) is 11.7. The Morgan fingerprint density at radius 1 is 1.47 bits per heavy atom. The quantitative estimate of drug-likeness (QED) is 0.803. The largest absolute Gasteiger partial charge is 0.372 e. The molecule has 1 unspecified atom stereocenters. The minimum Gasteiger partial charge on any atom is -0.372 e. The van der Waals surface area contributed by atoms with Crippen molar-refractivity contribution < 1.29 is 9.53 Å². The Balaban J connectivity index is 2.14. The molecular weight excluding hydrogens is 282 g/mol. The van der Waals surface area contributed by atoms with Gasteiger partial charge in [0.25, 0.3) is 5.91 Å². The van der Waals surface area contributed by atoms with Crippen molar-refractivity contribution in [2.24, 2.45) is 0 Å². The van der Waals surface area contributed by atoms with Gasteiger partial charge in [-0.3, -0.25) is 4.79 Å². The van der Waals surface area contributed by atoms with Crippen LogP contribution in [0.4, 0.5) is 0 Å². The molecule has 17 heavy (non-hydrogen) atoms. The van der Waals surface area contributed by atoms with Gasteiger partial charge in [0.05, 0.1) is 13.2 Å². The van der Waals surface area contributed by atoms with Crippen LogP contribution in [0.3, 0.4) is 0 Å². The number of hydrogen-bond donors (Lipinski definition) is 0. The van der Waals surface area contributed by atoms with Crippen molar-refractivity contribution in [1.29, 1.82) is 0 Å². The molecule has 1 amide bonds. The number of carbonyl (C=O) groups is 1. The number of fused-ring (bicyclic) bond motifs is 1. The molecule has 0 bridgehead atoms. The number of alkyl halides is 1. The highest BCUT2D eigenvalue weighted by atomic mass is 79.9. The highest BCUT2D eigenvalue weighted by Gasteiger charge is 2.17. The number of amides is 1. The Morgan fingerprint density at radius 3 is 2.88 bits per heavy atom. The molecule has 0 spiro atoms. The predicted octanol–water partition coefficient (Wildman–Crippen LogP) is 2.57. The summed E-state index contributed by atoms with van der Waals surface area (Å²) in [5.41, 5.74) is 3.07. The third-order valence-electron chi connectivity index (χ3n) is 2.84. The Bertz CT molecular complexity index is 431. The predicted molar refractivity (Wildman–Crippen MR) is 70.3 cm³/mol. The summed E-state index contributed by atoms with van der Waals surface area (Å²) in [7, 11) is 1.82. The van der Waals surface area contributed by atoms with Crippen LogP contribution >= 0.6 is 15.9 Å². The number of rotatable bonds is 3. The standard InChI is InChI=1S/C13H16BrNO2/c1-9(14)6-15(2)13(16)10-3-4-11-7-17-8-12(11)5-10/h3-5,9H,6-8H2,1-2H3. The first-order valence-electron chi connectivity index (χ1n) is 5.67. The number of nitrogens with zero attached hydrogens (tertiary/aromatic N) is 1. The lowest BCUT2D eigenvalue weighted by Gasteiger charge is -2.18. The van der Waals surface area contributed by atoms with Crippen molar-refractivity contribution in [2.75, 3.05) is 13.6 Å². The average molecular weight is 298 g/mol. The van der Waals surface area contributed by atoms with Gasteiger partial charge < -0.3 is 9.64 Å². The zero-order valence-electron chi connectivity index (χ0n) is 10.1. The second-order valence-electron chi connectivity index (χ2n) is 4.44. The highest BCUT2D eigenvalue weighted by molar-refractivity contribution is 9.09. The molecule has 0 radical (unpaired) electrons. The van der Waals surface area contributed by atoms with Crippen molar-refractivity contribution in [3.63, 3.8) is 0 Å². The SMILES string of the molecule is CC(Br)CN(C)C(=O)c1ccc2c(c1)COC2. The molecule has 4 heteroatoms. The van der Waals surface area contributed by atoms with Gasteiger partial charge in [0.1, 0.15) is 0 Å². The minimum atomic E-state index is 0.0611. The lowest BCUT2D eigenvalue weighted by molar-refractivity contribution is 0.0797. The summed E-state index contributed by atoms with van der Waals surface area (Å²) < 4.78 is 5.34. The fraction of sp³-hybridized carbons (Fsp3) is 0.462. The summed E-state index contributed by atoms with van der Waals surface area (Å²) in [6, 6.07) is 5.81. The molecule has 92 valence electrons. The highest BCUT2D eigenvalue weighted by Crippen LogP contribution is 2.21. The maximum atomic E-state index is 12.1.